The van der Waals surface area contributed by atoms with Crippen molar-refractivity contribution in [3.8, 4) is 5.75 Å². The summed E-state index contributed by atoms with van der Waals surface area (Å²) >= 11 is 0. The van der Waals surface area contributed by atoms with E-state index in [-0.39, 0.29) is 24.4 Å². The number of nitrogens with one attached hydrogen (secondary N) is 2. The maximum atomic E-state index is 12.0. The molecular weight excluding hydrogens is 376 g/mol. The highest BCUT2D eigenvalue weighted by atomic mass is 16.6. The summed E-state index contributed by atoms with van der Waals surface area (Å²) < 4.78 is 5.33. The highest BCUT2D eigenvalue weighted by Gasteiger charge is 2.09. The van der Waals surface area contributed by atoms with Gasteiger partial charge in [-0.1, -0.05) is 0 Å². The van der Waals surface area contributed by atoms with Crippen molar-refractivity contribution in [3.63, 3.8) is 0 Å². The van der Waals surface area contributed by atoms with Crippen LogP contribution < -0.4 is 15.5 Å². The molecule has 2 amide bonds. The number of nitro groups is 1. The lowest BCUT2D eigenvalue weighted by Gasteiger charge is -2.07. The molecule has 0 aliphatic rings. The van der Waals surface area contributed by atoms with Crippen LogP contribution in [0, 0.1) is 10.1 Å². The number of ether oxygens (including phenoxy) is 1. The first-order valence-corrected chi connectivity index (χ1v) is 8.99. The van der Waals surface area contributed by atoms with Crippen LogP contribution in [0.4, 0.5) is 11.4 Å². The lowest BCUT2D eigenvalue weighted by Crippen LogP contribution is -2.21. The highest BCUT2D eigenvalue weighted by molar-refractivity contribution is 5.99. The standard InChI is InChI=1S/C20H22N4O5/c1-3-29-18-10-6-16(7-11-18)21-19(25)12-13-20(26)23-22-14(2)15-4-8-17(9-5-15)24(27)28/h4-11H,3,12-13H2,1-2H3,(H,21,25)(H,23,26)/b22-14+. The Kier molecular flexibility index (Phi) is 7.84. The van der Waals surface area contributed by atoms with Gasteiger partial charge in [-0.2, -0.15) is 5.10 Å². The topological polar surface area (TPSA) is 123 Å². The molecular formula is C20H22N4O5. The van der Waals surface area contributed by atoms with Crippen LogP contribution in [0.2, 0.25) is 0 Å². The number of hydrazone groups is 1. The Morgan fingerprint density at radius 2 is 1.66 bits per heavy atom. The molecule has 2 N–H and O–H groups in total. The highest BCUT2D eigenvalue weighted by Crippen LogP contribution is 2.16. The van der Waals surface area contributed by atoms with Crippen molar-refractivity contribution >= 4 is 28.9 Å². The van der Waals surface area contributed by atoms with E-state index in [1.54, 1.807) is 43.3 Å². The second-order valence-corrected chi connectivity index (χ2v) is 6.04. The molecule has 0 radical (unpaired) electrons. The Balaban J connectivity index is 1.78. The number of carbonyl (C=O) groups excluding carboxylic acids is 2. The van der Waals surface area contributed by atoms with Gasteiger partial charge in [0.15, 0.2) is 0 Å². The van der Waals surface area contributed by atoms with E-state index in [1.165, 1.54) is 12.1 Å². The molecule has 0 aromatic heterocycles. The molecule has 29 heavy (non-hydrogen) atoms. The molecule has 2 aromatic carbocycles. The number of amides is 2. The second-order valence-electron chi connectivity index (χ2n) is 6.04. The molecule has 0 aliphatic carbocycles. The molecule has 0 saturated carbocycles. The Labute approximate surface area is 167 Å². The molecule has 0 fully saturated rings. The van der Waals surface area contributed by atoms with Gasteiger partial charge >= 0.3 is 0 Å². The average Bonchev–Trinajstić information content (AvgIpc) is 2.72. The van der Waals surface area contributed by atoms with Crippen LogP contribution >= 0.6 is 0 Å². The predicted octanol–water partition coefficient (Wildman–Crippen LogP) is 3.25. The molecule has 152 valence electrons. The fourth-order valence-corrected chi connectivity index (χ4v) is 2.34. The van der Waals surface area contributed by atoms with Crippen molar-refractivity contribution in [2.45, 2.75) is 26.7 Å². The number of benzene rings is 2. The molecule has 2 aromatic rings. The van der Waals surface area contributed by atoms with Gasteiger partial charge in [-0.25, -0.2) is 5.43 Å². The average molecular weight is 398 g/mol. The predicted molar refractivity (Wildman–Crippen MR) is 109 cm³/mol. The first kappa shape index (κ1) is 21.5. The van der Waals surface area contributed by atoms with E-state index in [9.17, 15) is 19.7 Å². The third-order valence-electron chi connectivity index (χ3n) is 3.87. The first-order chi connectivity index (χ1) is 13.9. The Morgan fingerprint density at radius 1 is 1.03 bits per heavy atom. The molecule has 0 unspecified atom stereocenters. The monoisotopic (exact) mass is 398 g/mol. The summed E-state index contributed by atoms with van der Waals surface area (Å²) in [5, 5.41) is 17.3. The minimum absolute atomic E-state index is 0.00510. The normalized spacial score (nSPS) is 10.9. The van der Waals surface area contributed by atoms with Crippen molar-refractivity contribution < 1.29 is 19.2 Å². The number of nitrogens with zero attached hydrogens (tertiary/aromatic N) is 2. The largest absolute Gasteiger partial charge is 0.494 e. The molecule has 9 nitrogen and oxygen atoms in total. The van der Waals surface area contributed by atoms with E-state index < -0.39 is 10.8 Å². The Morgan fingerprint density at radius 3 is 2.24 bits per heavy atom. The lowest BCUT2D eigenvalue weighted by molar-refractivity contribution is -0.384. The van der Waals surface area contributed by atoms with Crippen molar-refractivity contribution in [1.82, 2.24) is 5.43 Å². The van der Waals surface area contributed by atoms with Crippen molar-refractivity contribution in [1.29, 1.82) is 0 Å². The quantitative estimate of drug-likeness (QED) is 0.381. The zero-order valence-corrected chi connectivity index (χ0v) is 16.2. The number of hydrogen-bond acceptors (Lipinski definition) is 6. The van der Waals surface area contributed by atoms with Crippen molar-refractivity contribution in [2.24, 2.45) is 5.10 Å². The number of hydrogen-bond donors (Lipinski definition) is 2. The fraction of sp³-hybridized carbons (Fsp3) is 0.250. The maximum Gasteiger partial charge on any atom is 0.269 e. The molecule has 0 atom stereocenters. The van der Waals surface area contributed by atoms with Gasteiger partial charge in [0.05, 0.1) is 17.2 Å². The van der Waals surface area contributed by atoms with Crippen LogP contribution in [-0.2, 0) is 9.59 Å². The Hall–Kier alpha value is -3.75. The fourth-order valence-electron chi connectivity index (χ4n) is 2.34. The van der Waals surface area contributed by atoms with Crippen LogP contribution in [0.3, 0.4) is 0 Å². The summed E-state index contributed by atoms with van der Waals surface area (Å²) in [7, 11) is 0. The summed E-state index contributed by atoms with van der Waals surface area (Å²) in [6, 6.07) is 12.8. The number of carbonyl (C=O) groups is 2. The third-order valence-corrected chi connectivity index (χ3v) is 3.87. The van der Waals surface area contributed by atoms with Crippen LogP contribution in [0.25, 0.3) is 0 Å². The van der Waals surface area contributed by atoms with Crippen LogP contribution in [0.15, 0.2) is 53.6 Å². The van der Waals surface area contributed by atoms with E-state index in [1.807, 2.05) is 6.92 Å². The summed E-state index contributed by atoms with van der Waals surface area (Å²) in [6.07, 6.45) is -0.0228. The van der Waals surface area contributed by atoms with Crippen molar-refractivity contribution in [2.75, 3.05) is 11.9 Å². The van der Waals surface area contributed by atoms with Gasteiger partial charge in [0.1, 0.15) is 5.75 Å². The van der Waals surface area contributed by atoms with E-state index in [0.29, 0.717) is 29.3 Å². The van der Waals surface area contributed by atoms with Gasteiger partial charge in [-0.15, -0.1) is 0 Å². The minimum atomic E-state index is -0.490. The maximum absolute atomic E-state index is 12.0. The lowest BCUT2D eigenvalue weighted by atomic mass is 10.1. The molecule has 0 saturated heterocycles. The van der Waals surface area contributed by atoms with E-state index >= 15 is 0 Å². The van der Waals surface area contributed by atoms with Gasteiger partial charge in [0.25, 0.3) is 5.69 Å². The summed E-state index contributed by atoms with van der Waals surface area (Å²) in [5.41, 5.74) is 4.11. The summed E-state index contributed by atoms with van der Waals surface area (Å²) in [4.78, 5) is 34.0. The SMILES string of the molecule is CCOc1ccc(NC(=O)CCC(=O)N/N=C(\C)c2ccc([N+](=O)[O-])cc2)cc1. The smallest absolute Gasteiger partial charge is 0.269 e. The number of non-ortho nitro benzene ring substituents is 1. The van der Waals surface area contributed by atoms with Crippen LogP contribution in [-0.4, -0.2) is 29.1 Å². The molecule has 0 aliphatic heterocycles. The van der Waals surface area contributed by atoms with Crippen LogP contribution in [0.1, 0.15) is 32.3 Å². The van der Waals surface area contributed by atoms with Gasteiger partial charge in [0, 0.05) is 30.7 Å². The third kappa shape index (κ3) is 7.06. The second kappa shape index (κ2) is 10.5. The zero-order valence-electron chi connectivity index (χ0n) is 16.2. The zero-order chi connectivity index (χ0) is 21.2. The van der Waals surface area contributed by atoms with Crippen LogP contribution in [0.5, 0.6) is 5.75 Å². The van der Waals surface area contributed by atoms with Gasteiger partial charge in [0.2, 0.25) is 11.8 Å². The molecule has 0 heterocycles. The Bertz CT molecular complexity index is 892. The molecule has 0 bridgehead atoms. The molecule has 2 rings (SSSR count). The first-order valence-electron chi connectivity index (χ1n) is 8.99. The number of nitro benzene ring substituents is 1. The molecule has 0 spiro atoms. The van der Waals surface area contributed by atoms with Gasteiger partial charge in [-0.05, 0) is 55.8 Å². The van der Waals surface area contributed by atoms with E-state index in [0.717, 1.165) is 0 Å². The summed E-state index contributed by atoms with van der Waals surface area (Å²) in [6.45, 7) is 4.12. The van der Waals surface area contributed by atoms with E-state index in [4.69, 9.17) is 4.74 Å². The number of anilines is 1. The summed E-state index contributed by atoms with van der Waals surface area (Å²) in [5.74, 6) is 0.0135. The number of rotatable bonds is 9. The van der Waals surface area contributed by atoms with Gasteiger partial charge < -0.3 is 10.1 Å². The van der Waals surface area contributed by atoms with E-state index in [2.05, 4.69) is 15.8 Å². The van der Waals surface area contributed by atoms with Crippen molar-refractivity contribution in [3.05, 3.63) is 64.2 Å². The minimum Gasteiger partial charge on any atom is -0.494 e. The van der Waals surface area contributed by atoms with Gasteiger partial charge in [-0.3, -0.25) is 19.7 Å². The molecule has 9 heteroatoms.